The number of imidazole rings is 1. The van der Waals surface area contributed by atoms with Gasteiger partial charge in [-0.3, -0.25) is 10.1 Å². The van der Waals surface area contributed by atoms with Gasteiger partial charge in [0.05, 0.1) is 18.1 Å². The Labute approximate surface area is 132 Å². The Morgan fingerprint density at radius 1 is 1.09 bits per heavy atom. The summed E-state index contributed by atoms with van der Waals surface area (Å²) in [5.41, 5.74) is 7.21. The van der Waals surface area contributed by atoms with Gasteiger partial charge in [-0.25, -0.2) is 9.78 Å². The van der Waals surface area contributed by atoms with Crippen LogP contribution in [0, 0.1) is 0 Å². The molecule has 0 aliphatic heterocycles. The molecule has 0 unspecified atom stereocenters. The standard InChI is InChI=1S/C9H9N3O2.C7H7NO/c1-14-9(13)12-8-10-6-4-2-3-5-7(6)11-8;8-7(9)6-4-2-1-3-5-6/h2-5H,1H3,(H2,10,11,12,13);1-5H,(H2,8,9). The Morgan fingerprint density at radius 3 is 2.30 bits per heavy atom. The second kappa shape index (κ2) is 7.60. The van der Waals surface area contributed by atoms with Gasteiger partial charge < -0.3 is 15.5 Å². The molecule has 118 valence electrons. The Bertz CT molecular complexity index is 766. The number of nitrogens with two attached hydrogens (primary N) is 1. The number of aromatic amines is 1. The molecule has 4 N–H and O–H groups in total. The maximum Gasteiger partial charge on any atom is 0.413 e. The minimum Gasteiger partial charge on any atom is -0.453 e. The fourth-order valence-electron chi connectivity index (χ4n) is 1.76. The van der Waals surface area contributed by atoms with E-state index in [2.05, 4.69) is 20.0 Å². The van der Waals surface area contributed by atoms with E-state index in [-0.39, 0.29) is 5.91 Å². The normalized spacial score (nSPS) is 9.61. The van der Waals surface area contributed by atoms with Gasteiger partial charge in [0.1, 0.15) is 0 Å². The van der Waals surface area contributed by atoms with Gasteiger partial charge in [-0.05, 0) is 24.3 Å². The lowest BCUT2D eigenvalue weighted by Gasteiger charge is -1.96. The van der Waals surface area contributed by atoms with Gasteiger partial charge in [-0.15, -0.1) is 0 Å². The van der Waals surface area contributed by atoms with Crippen molar-refractivity contribution in [1.29, 1.82) is 0 Å². The number of benzene rings is 2. The molecule has 3 aromatic rings. The first kappa shape index (κ1) is 16.0. The zero-order valence-corrected chi connectivity index (χ0v) is 12.4. The van der Waals surface area contributed by atoms with Crippen molar-refractivity contribution >= 4 is 29.0 Å². The first-order valence-electron chi connectivity index (χ1n) is 6.74. The number of para-hydroxylation sites is 2. The van der Waals surface area contributed by atoms with Crippen LogP contribution in [-0.2, 0) is 4.74 Å². The summed E-state index contributed by atoms with van der Waals surface area (Å²) in [5, 5.41) is 2.45. The number of methoxy groups -OCH3 is 1. The zero-order chi connectivity index (χ0) is 16.7. The number of nitrogens with zero attached hydrogens (tertiary/aromatic N) is 1. The van der Waals surface area contributed by atoms with E-state index in [0.717, 1.165) is 11.0 Å². The molecular weight excluding hydrogens is 296 g/mol. The third-order valence-electron chi connectivity index (χ3n) is 2.85. The van der Waals surface area contributed by atoms with Crippen molar-refractivity contribution in [2.75, 3.05) is 12.4 Å². The molecule has 23 heavy (non-hydrogen) atoms. The molecule has 1 heterocycles. The number of fused-ring (bicyclic) bond motifs is 1. The number of H-pyrrole nitrogens is 1. The third kappa shape index (κ3) is 4.57. The second-order valence-corrected chi connectivity index (χ2v) is 4.45. The lowest BCUT2D eigenvalue weighted by Crippen LogP contribution is -2.11. The van der Waals surface area contributed by atoms with Gasteiger partial charge in [0.2, 0.25) is 11.9 Å². The molecule has 0 radical (unpaired) electrons. The van der Waals surface area contributed by atoms with Crippen LogP contribution >= 0.6 is 0 Å². The molecule has 2 aromatic carbocycles. The number of anilines is 1. The Balaban J connectivity index is 0.000000185. The van der Waals surface area contributed by atoms with Crippen molar-refractivity contribution < 1.29 is 14.3 Å². The van der Waals surface area contributed by atoms with Gasteiger partial charge in [-0.1, -0.05) is 30.3 Å². The van der Waals surface area contributed by atoms with Crippen LogP contribution < -0.4 is 11.1 Å². The maximum atomic E-state index is 10.9. The third-order valence-corrected chi connectivity index (χ3v) is 2.85. The van der Waals surface area contributed by atoms with Crippen LogP contribution in [0.5, 0.6) is 0 Å². The average molecular weight is 312 g/mol. The predicted octanol–water partition coefficient (Wildman–Crippen LogP) is 2.53. The van der Waals surface area contributed by atoms with Crippen molar-refractivity contribution in [3.63, 3.8) is 0 Å². The van der Waals surface area contributed by atoms with Crippen LogP contribution in [0.4, 0.5) is 10.7 Å². The molecule has 0 aliphatic carbocycles. The molecular formula is C16H16N4O3. The minimum atomic E-state index is -0.538. The number of amides is 2. The highest BCUT2D eigenvalue weighted by molar-refractivity contribution is 5.92. The van der Waals surface area contributed by atoms with Crippen molar-refractivity contribution in [3.8, 4) is 0 Å². The van der Waals surface area contributed by atoms with E-state index in [9.17, 15) is 9.59 Å². The number of aromatic nitrogens is 2. The Kier molecular flexibility index (Phi) is 5.30. The summed E-state index contributed by atoms with van der Waals surface area (Å²) in [7, 11) is 1.30. The largest absolute Gasteiger partial charge is 0.453 e. The molecule has 1 aromatic heterocycles. The lowest BCUT2D eigenvalue weighted by atomic mass is 10.2. The molecule has 0 bridgehead atoms. The molecule has 0 spiro atoms. The van der Waals surface area contributed by atoms with Crippen molar-refractivity contribution in [2.45, 2.75) is 0 Å². The molecule has 7 heteroatoms. The summed E-state index contributed by atoms with van der Waals surface area (Å²) < 4.78 is 4.44. The molecule has 0 atom stereocenters. The average Bonchev–Trinajstić information content (AvgIpc) is 2.98. The van der Waals surface area contributed by atoms with Gasteiger partial charge in [0.25, 0.3) is 0 Å². The van der Waals surface area contributed by atoms with Crippen molar-refractivity contribution in [2.24, 2.45) is 5.73 Å². The van der Waals surface area contributed by atoms with E-state index < -0.39 is 6.09 Å². The number of carbonyl (C=O) groups excluding carboxylic acids is 2. The van der Waals surface area contributed by atoms with Gasteiger partial charge in [-0.2, -0.15) is 0 Å². The molecule has 0 aliphatic rings. The molecule has 2 amide bonds. The van der Waals surface area contributed by atoms with E-state index in [0.29, 0.717) is 11.5 Å². The summed E-state index contributed by atoms with van der Waals surface area (Å²) in [5.74, 6) is 0.00801. The maximum absolute atomic E-state index is 10.9. The van der Waals surface area contributed by atoms with E-state index in [1.54, 1.807) is 24.3 Å². The smallest absolute Gasteiger partial charge is 0.413 e. The molecule has 3 rings (SSSR count). The fourth-order valence-corrected chi connectivity index (χ4v) is 1.76. The second-order valence-electron chi connectivity index (χ2n) is 4.45. The van der Waals surface area contributed by atoms with Crippen LogP contribution in [0.15, 0.2) is 54.6 Å². The highest BCUT2D eigenvalue weighted by Gasteiger charge is 2.04. The van der Waals surface area contributed by atoms with Crippen LogP contribution in [0.25, 0.3) is 11.0 Å². The predicted molar refractivity (Wildman–Crippen MR) is 87.1 cm³/mol. The zero-order valence-electron chi connectivity index (χ0n) is 12.4. The van der Waals surface area contributed by atoms with E-state index in [1.165, 1.54) is 7.11 Å². The number of rotatable bonds is 2. The topological polar surface area (TPSA) is 110 Å². The fraction of sp³-hybridized carbons (Fsp3) is 0.0625. The monoisotopic (exact) mass is 312 g/mol. The van der Waals surface area contributed by atoms with Gasteiger partial charge >= 0.3 is 6.09 Å². The summed E-state index contributed by atoms with van der Waals surface area (Å²) in [4.78, 5) is 28.4. The molecule has 0 saturated heterocycles. The SMILES string of the molecule is COC(=O)Nc1nc2ccccc2[nH]1.NC(=O)c1ccccc1. The Morgan fingerprint density at radius 2 is 1.74 bits per heavy atom. The van der Waals surface area contributed by atoms with Crippen molar-refractivity contribution in [1.82, 2.24) is 9.97 Å². The number of hydrogen-bond acceptors (Lipinski definition) is 4. The van der Waals surface area contributed by atoms with Crippen LogP contribution in [-0.4, -0.2) is 29.1 Å². The molecule has 7 nitrogen and oxygen atoms in total. The quantitative estimate of drug-likeness (QED) is 0.675. The van der Waals surface area contributed by atoms with Gasteiger partial charge in [0, 0.05) is 5.56 Å². The number of ether oxygens (including phenoxy) is 1. The highest BCUT2D eigenvalue weighted by atomic mass is 16.5. The number of carbonyl (C=O) groups is 2. The number of nitrogens with one attached hydrogen (secondary N) is 2. The van der Waals surface area contributed by atoms with Gasteiger partial charge in [0.15, 0.2) is 0 Å². The molecule has 0 saturated carbocycles. The summed E-state index contributed by atoms with van der Waals surface area (Å²) in [6.07, 6.45) is -0.538. The van der Waals surface area contributed by atoms with E-state index in [1.807, 2.05) is 30.3 Å². The first-order chi connectivity index (χ1) is 11.1. The summed E-state index contributed by atoms with van der Waals surface area (Å²) >= 11 is 0. The minimum absolute atomic E-state index is 0.379. The first-order valence-corrected chi connectivity index (χ1v) is 6.74. The summed E-state index contributed by atoms with van der Waals surface area (Å²) in [6, 6.07) is 16.3. The van der Waals surface area contributed by atoms with E-state index in [4.69, 9.17) is 5.73 Å². The highest BCUT2D eigenvalue weighted by Crippen LogP contribution is 2.12. The van der Waals surface area contributed by atoms with E-state index >= 15 is 0 Å². The van der Waals surface area contributed by atoms with Crippen LogP contribution in [0.2, 0.25) is 0 Å². The summed E-state index contributed by atoms with van der Waals surface area (Å²) in [6.45, 7) is 0. The number of hydrogen-bond donors (Lipinski definition) is 3. The Hall–Kier alpha value is -3.35. The van der Waals surface area contributed by atoms with Crippen molar-refractivity contribution in [3.05, 3.63) is 60.2 Å². The van der Waals surface area contributed by atoms with Crippen LogP contribution in [0.1, 0.15) is 10.4 Å². The lowest BCUT2D eigenvalue weighted by molar-refractivity contribution is 0.1000. The molecule has 0 fully saturated rings. The number of primary amides is 1. The van der Waals surface area contributed by atoms with Crippen LogP contribution in [0.3, 0.4) is 0 Å².